The zero-order chi connectivity index (χ0) is 13.9. The average molecular weight is 263 g/mol. The Morgan fingerprint density at radius 3 is 2.21 bits per heavy atom. The van der Waals surface area contributed by atoms with E-state index in [2.05, 4.69) is 0 Å². The van der Waals surface area contributed by atoms with Crippen molar-refractivity contribution < 1.29 is 10.3 Å². The van der Waals surface area contributed by atoms with E-state index in [-0.39, 0.29) is 0 Å². The molecule has 0 spiro atoms. The molecule has 1 aliphatic carbocycles. The normalized spacial score (nSPS) is 19.6. The number of benzene rings is 1. The van der Waals surface area contributed by atoms with E-state index in [4.69, 9.17) is 0 Å². The van der Waals surface area contributed by atoms with Gasteiger partial charge in [-0.1, -0.05) is 49.6 Å². The molecule has 1 aromatic carbocycles. The third-order valence-corrected chi connectivity index (χ3v) is 4.49. The highest BCUT2D eigenvalue weighted by Gasteiger charge is 2.48. The lowest BCUT2D eigenvalue weighted by Crippen LogP contribution is -2.61. The highest BCUT2D eigenvalue weighted by atomic mass is 16.5. The van der Waals surface area contributed by atoms with Crippen LogP contribution in [0.5, 0.6) is 0 Å². The van der Waals surface area contributed by atoms with Crippen molar-refractivity contribution in [2.24, 2.45) is 0 Å². The third-order valence-electron chi connectivity index (χ3n) is 4.49. The van der Waals surface area contributed by atoms with Gasteiger partial charge >= 0.3 is 0 Å². The Morgan fingerprint density at radius 2 is 1.68 bits per heavy atom. The number of hydroxylamine groups is 2. The predicted molar refractivity (Wildman–Crippen MR) is 75.9 cm³/mol. The van der Waals surface area contributed by atoms with Crippen molar-refractivity contribution >= 4 is 0 Å². The first-order valence-electron chi connectivity index (χ1n) is 7.18. The maximum absolute atomic E-state index is 10.6. The van der Waals surface area contributed by atoms with Gasteiger partial charge in [0.05, 0.1) is 11.1 Å². The van der Waals surface area contributed by atoms with Crippen LogP contribution in [0.25, 0.3) is 0 Å². The van der Waals surface area contributed by atoms with Crippen molar-refractivity contribution in [3.8, 4) is 0 Å². The maximum atomic E-state index is 10.6. The summed E-state index contributed by atoms with van der Waals surface area (Å²) in [7, 11) is 0. The van der Waals surface area contributed by atoms with E-state index in [0.29, 0.717) is 6.54 Å². The lowest BCUT2D eigenvalue weighted by molar-refractivity contribution is -0.248. The molecule has 3 nitrogen and oxygen atoms in total. The number of nitrogens with zero attached hydrogens (tertiary/aromatic N) is 1. The summed E-state index contributed by atoms with van der Waals surface area (Å²) in [6, 6.07) is 9.92. The van der Waals surface area contributed by atoms with Crippen molar-refractivity contribution in [3.63, 3.8) is 0 Å². The fourth-order valence-electron chi connectivity index (χ4n) is 3.23. The standard InChI is InChI=1S/C16H25NO2/c1-15(2,18)16(11-7-4-8-12-16)17(19)13-14-9-5-3-6-10-14/h3,5-6,9-10,18-19H,4,7-8,11-13H2,1-2H3. The molecule has 0 aromatic heterocycles. The van der Waals surface area contributed by atoms with Crippen LogP contribution in [0.15, 0.2) is 30.3 Å². The Hall–Kier alpha value is -0.900. The summed E-state index contributed by atoms with van der Waals surface area (Å²) in [4.78, 5) is 0. The molecule has 3 heteroatoms. The van der Waals surface area contributed by atoms with Gasteiger partial charge in [-0.2, -0.15) is 5.06 Å². The van der Waals surface area contributed by atoms with Crippen molar-refractivity contribution in [2.75, 3.05) is 0 Å². The first kappa shape index (κ1) is 14.5. The van der Waals surface area contributed by atoms with Gasteiger partial charge in [-0.05, 0) is 32.3 Å². The maximum Gasteiger partial charge on any atom is 0.0797 e. The summed E-state index contributed by atoms with van der Waals surface area (Å²) in [5.41, 5.74) is -0.364. The van der Waals surface area contributed by atoms with Crippen LogP contribution in [-0.2, 0) is 6.54 Å². The van der Waals surface area contributed by atoms with E-state index < -0.39 is 11.1 Å². The molecule has 0 bridgehead atoms. The second kappa shape index (κ2) is 5.61. The van der Waals surface area contributed by atoms with Crippen molar-refractivity contribution in [1.82, 2.24) is 5.06 Å². The van der Waals surface area contributed by atoms with Crippen LogP contribution >= 0.6 is 0 Å². The van der Waals surface area contributed by atoms with Crippen LogP contribution in [0.2, 0.25) is 0 Å². The molecule has 2 N–H and O–H groups in total. The Morgan fingerprint density at radius 1 is 1.11 bits per heavy atom. The quantitative estimate of drug-likeness (QED) is 0.819. The highest BCUT2D eigenvalue weighted by molar-refractivity contribution is 5.15. The van der Waals surface area contributed by atoms with Gasteiger partial charge in [-0.25, -0.2) is 0 Å². The molecule has 1 fully saturated rings. The Kier molecular flexibility index (Phi) is 4.29. The van der Waals surface area contributed by atoms with Gasteiger partial charge < -0.3 is 10.3 Å². The first-order valence-corrected chi connectivity index (χ1v) is 7.18. The number of hydrogen-bond donors (Lipinski definition) is 2. The molecule has 0 saturated heterocycles. The molecule has 0 radical (unpaired) electrons. The molecule has 0 amide bonds. The van der Waals surface area contributed by atoms with Gasteiger partial charge in [0.2, 0.25) is 0 Å². The highest BCUT2D eigenvalue weighted by Crippen LogP contribution is 2.41. The largest absolute Gasteiger partial charge is 0.388 e. The Bertz CT molecular complexity index is 391. The monoisotopic (exact) mass is 263 g/mol. The lowest BCUT2D eigenvalue weighted by atomic mass is 9.71. The SMILES string of the molecule is CC(C)(O)C1(N(O)Cc2ccccc2)CCCCC1. The summed E-state index contributed by atoms with van der Waals surface area (Å²) in [6.45, 7) is 4.09. The molecule has 1 saturated carbocycles. The second-order valence-electron chi connectivity index (χ2n) is 6.19. The van der Waals surface area contributed by atoms with E-state index in [0.717, 1.165) is 31.2 Å². The van der Waals surface area contributed by atoms with Gasteiger partial charge in [-0.15, -0.1) is 0 Å². The van der Waals surface area contributed by atoms with Crippen LogP contribution in [0.4, 0.5) is 0 Å². The predicted octanol–water partition coefficient (Wildman–Crippen LogP) is 3.35. The minimum atomic E-state index is -0.906. The first-order chi connectivity index (χ1) is 8.96. The van der Waals surface area contributed by atoms with Crippen LogP contribution < -0.4 is 0 Å². The summed E-state index contributed by atoms with van der Waals surface area (Å²) >= 11 is 0. The number of aliphatic hydroxyl groups is 1. The van der Waals surface area contributed by atoms with Crippen LogP contribution in [-0.4, -0.2) is 26.5 Å². The molecule has 106 valence electrons. The van der Waals surface area contributed by atoms with Crippen molar-refractivity contribution in [1.29, 1.82) is 0 Å². The molecule has 0 unspecified atom stereocenters. The smallest absolute Gasteiger partial charge is 0.0797 e. The van der Waals surface area contributed by atoms with Gasteiger partial charge in [-0.3, -0.25) is 0 Å². The van der Waals surface area contributed by atoms with Crippen LogP contribution in [0.3, 0.4) is 0 Å². The molecule has 1 aliphatic rings. The third kappa shape index (κ3) is 2.99. The summed E-state index contributed by atoms with van der Waals surface area (Å²) in [6.07, 6.45) is 5.02. The molecule has 0 heterocycles. The molecule has 0 atom stereocenters. The van der Waals surface area contributed by atoms with E-state index in [9.17, 15) is 10.3 Å². The number of hydrogen-bond acceptors (Lipinski definition) is 3. The van der Waals surface area contributed by atoms with Gasteiger partial charge in [0, 0.05) is 6.54 Å². The van der Waals surface area contributed by atoms with E-state index in [1.54, 1.807) is 0 Å². The van der Waals surface area contributed by atoms with Gasteiger partial charge in [0.1, 0.15) is 0 Å². The zero-order valence-electron chi connectivity index (χ0n) is 12.0. The summed E-state index contributed by atoms with van der Waals surface area (Å²) in [5.74, 6) is 0. The average Bonchev–Trinajstić information content (AvgIpc) is 2.39. The minimum absolute atomic E-state index is 0.463. The molecule has 1 aromatic rings. The van der Waals surface area contributed by atoms with E-state index in [1.807, 2.05) is 44.2 Å². The van der Waals surface area contributed by atoms with Gasteiger partial charge in [0.25, 0.3) is 0 Å². The molecule has 0 aliphatic heterocycles. The molecule has 19 heavy (non-hydrogen) atoms. The van der Waals surface area contributed by atoms with E-state index >= 15 is 0 Å². The topological polar surface area (TPSA) is 43.7 Å². The Balaban J connectivity index is 2.19. The van der Waals surface area contributed by atoms with Gasteiger partial charge in [0.15, 0.2) is 0 Å². The summed E-state index contributed by atoms with van der Waals surface area (Å²) < 4.78 is 0. The Labute approximate surface area is 115 Å². The molecule has 2 rings (SSSR count). The van der Waals surface area contributed by atoms with Crippen LogP contribution in [0, 0.1) is 0 Å². The fraction of sp³-hybridized carbons (Fsp3) is 0.625. The minimum Gasteiger partial charge on any atom is -0.388 e. The summed E-state index contributed by atoms with van der Waals surface area (Å²) in [5, 5.41) is 22.5. The lowest BCUT2D eigenvalue weighted by Gasteiger charge is -2.50. The van der Waals surface area contributed by atoms with Crippen molar-refractivity contribution in [2.45, 2.75) is 63.6 Å². The molecular weight excluding hydrogens is 238 g/mol. The second-order valence-corrected chi connectivity index (χ2v) is 6.19. The van der Waals surface area contributed by atoms with E-state index in [1.165, 1.54) is 11.5 Å². The number of rotatable bonds is 4. The zero-order valence-corrected chi connectivity index (χ0v) is 12.0. The fourth-order valence-corrected chi connectivity index (χ4v) is 3.23. The molecular formula is C16H25NO2. The van der Waals surface area contributed by atoms with Crippen LogP contribution in [0.1, 0.15) is 51.5 Å². The van der Waals surface area contributed by atoms with Crippen molar-refractivity contribution in [3.05, 3.63) is 35.9 Å².